The zero-order valence-corrected chi connectivity index (χ0v) is 21.9. The Morgan fingerprint density at radius 1 is 0.914 bits per heavy atom. The number of benzene rings is 3. The zero-order chi connectivity index (χ0) is 25.4. The molecule has 0 heterocycles. The van der Waals surface area contributed by atoms with Gasteiger partial charge < -0.3 is 10.2 Å². The number of aryl methyl sites for hydroxylation is 1. The Kier molecular flexibility index (Phi) is 9.76. The Labute approximate surface area is 218 Å². The minimum absolute atomic E-state index is 0.133. The lowest BCUT2D eigenvalue weighted by Crippen LogP contribution is -2.51. The molecule has 1 N–H and O–H groups in total. The van der Waals surface area contributed by atoms with E-state index in [-0.39, 0.29) is 30.7 Å². The molecule has 3 aromatic rings. The fourth-order valence-electron chi connectivity index (χ4n) is 3.88. The van der Waals surface area contributed by atoms with E-state index in [2.05, 4.69) is 5.32 Å². The largest absolute Gasteiger partial charge is 0.354 e. The van der Waals surface area contributed by atoms with Gasteiger partial charge in [-0.05, 0) is 47.2 Å². The van der Waals surface area contributed by atoms with Crippen molar-refractivity contribution < 1.29 is 9.59 Å². The molecule has 6 heteroatoms. The van der Waals surface area contributed by atoms with Crippen LogP contribution in [0.3, 0.4) is 0 Å². The molecule has 0 aliphatic rings. The van der Waals surface area contributed by atoms with E-state index in [1.165, 1.54) is 0 Å². The van der Waals surface area contributed by atoms with Crippen LogP contribution < -0.4 is 5.32 Å². The summed E-state index contributed by atoms with van der Waals surface area (Å²) in [5, 5.41) is 4.02. The fourth-order valence-corrected chi connectivity index (χ4v) is 4.35. The maximum absolute atomic E-state index is 13.8. The van der Waals surface area contributed by atoms with Crippen molar-refractivity contribution in [3.05, 3.63) is 105 Å². The second-order valence-corrected chi connectivity index (χ2v) is 10.0. The summed E-state index contributed by atoms with van der Waals surface area (Å²) < 4.78 is 0. The summed E-state index contributed by atoms with van der Waals surface area (Å²) in [5.74, 6) is -0.0186. The third kappa shape index (κ3) is 7.84. The van der Waals surface area contributed by atoms with Gasteiger partial charge in [-0.2, -0.15) is 0 Å². The summed E-state index contributed by atoms with van der Waals surface area (Å²) in [6, 6.07) is 22.1. The predicted octanol–water partition coefficient (Wildman–Crippen LogP) is 6.26. The van der Waals surface area contributed by atoms with Crippen LogP contribution in [0.25, 0.3) is 0 Å². The van der Waals surface area contributed by atoms with Crippen LogP contribution in [0, 0.1) is 12.8 Å². The molecule has 1 atom stereocenters. The monoisotopic (exact) mass is 510 g/mol. The maximum atomic E-state index is 13.8. The van der Waals surface area contributed by atoms with E-state index in [1.54, 1.807) is 17.0 Å². The molecule has 0 aliphatic carbocycles. The Bertz CT molecular complexity index is 1150. The normalized spacial score (nSPS) is 11.8. The molecule has 3 rings (SSSR count). The topological polar surface area (TPSA) is 49.4 Å². The van der Waals surface area contributed by atoms with Gasteiger partial charge in [0.2, 0.25) is 11.8 Å². The lowest BCUT2D eigenvalue weighted by molar-refractivity contribution is -0.140. The number of carbonyl (C=O) groups is 2. The molecule has 0 saturated carbocycles. The van der Waals surface area contributed by atoms with E-state index in [1.807, 2.05) is 81.4 Å². The lowest BCUT2D eigenvalue weighted by Gasteiger charge is -2.32. The van der Waals surface area contributed by atoms with Crippen molar-refractivity contribution in [2.75, 3.05) is 6.54 Å². The Morgan fingerprint density at radius 3 is 2.26 bits per heavy atom. The molecule has 0 spiro atoms. The van der Waals surface area contributed by atoms with Gasteiger partial charge >= 0.3 is 0 Å². The van der Waals surface area contributed by atoms with E-state index < -0.39 is 6.04 Å². The number of halogens is 2. The Morgan fingerprint density at radius 2 is 1.60 bits per heavy atom. The second kappa shape index (κ2) is 12.8. The van der Waals surface area contributed by atoms with Gasteiger partial charge in [0, 0.05) is 29.6 Å². The summed E-state index contributed by atoms with van der Waals surface area (Å²) in [6.45, 7) is 6.81. The minimum Gasteiger partial charge on any atom is -0.354 e. The molecule has 35 heavy (non-hydrogen) atoms. The summed E-state index contributed by atoms with van der Waals surface area (Å²) in [5.41, 5.74) is 3.69. The van der Waals surface area contributed by atoms with Crippen molar-refractivity contribution in [3.63, 3.8) is 0 Å². The fraction of sp³-hybridized carbons (Fsp3) is 0.310. The highest BCUT2D eigenvalue weighted by Gasteiger charge is 2.31. The van der Waals surface area contributed by atoms with Crippen LogP contribution in [0.4, 0.5) is 0 Å². The predicted molar refractivity (Wildman–Crippen MR) is 144 cm³/mol. The zero-order valence-electron chi connectivity index (χ0n) is 20.4. The lowest BCUT2D eigenvalue weighted by atomic mass is 10.00. The van der Waals surface area contributed by atoms with E-state index in [0.717, 1.165) is 22.3 Å². The molecule has 0 radical (unpaired) electrons. The third-order valence-corrected chi connectivity index (χ3v) is 6.50. The van der Waals surface area contributed by atoms with Crippen LogP contribution in [0.15, 0.2) is 72.8 Å². The molecular weight excluding hydrogens is 479 g/mol. The van der Waals surface area contributed by atoms with Crippen LogP contribution in [0.5, 0.6) is 0 Å². The highest BCUT2D eigenvalue weighted by atomic mass is 35.5. The number of rotatable bonds is 10. The van der Waals surface area contributed by atoms with Gasteiger partial charge in [-0.3, -0.25) is 9.59 Å². The number of hydrogen-bond acceptors (Lipinski definition) is 2. The van der Waals surface area contributed by atoms with Crippen molar-refractivity contribution in [1.82, 2.24) is 10.2 Å². The van der Waals surface area contributed by atoms with Crippen molar-refractivity contribution in [3.8, 4) is 0 Å². The molecule has 0 aromatic heterocycles. The van der Waals surface area contributed by atoms with Crippen LogP contribution in [-0.2, 0) is 29.0 Å². The summed E-state index contributed by atoms with van der Waals surface area (Å²) in [6.07, 6.45) is 0.593. The van der Waals surface area contributed by atoms with Gasteiger partial charge in [0.25, 0.3) is 0 Å². The van der Waals surface area contributed by atoms with Crippen molar-refractivity contribution in [2.24, 2.45) is 5.92 Å². The summed E-state index contributed by atoms with van der Waals surface area (Å²) in [4.78, 5) is 28.9. The van der Waals surface area contributed by atoms with Crippen molar-refractivity contribution in [1.29, 1.82) is 0 Å². The average molecular weight is 511 g/mol. The number of amides is 2. The standard InChI is InChI=1S/C29H32Cl2N2O2/c1-20(2)18-32-29(35)27(15-22-10-5-4-6-11-22)33(19-24-13-14-25(30)17-26(24)31)28(34)16-23-12-8-7-9-21(23)3/h4-14,17,20,27H,15-16,18-19H2,1-3H3,(H,32,35). The van der Waals surface area contributed by atoms with Crippen LogP contribution in [0.1, 0.15) is 36.1 Å². The van der Waals surface area contributed by atoms with Gasteiger partial charge in [0.1, 0.15) is 6.04 Å². The quantitative estimate of drug-likeness (QED) is 0.350. The van der Waals surface area contributed by atoms with Gasteiger partial charge in [0.15, 0.2) is 0 Å². The van der Waals surface area contributed by atoms with Gasteiger partial charge in [-0.25, -0.2) is 0 Å². The molecule has 1 unspecified atom stereocenters. The molecule has 2 amide bonds. The van der Waals surface area contributed by atoms with E-state index in [9.17, 15) is 9.59 Å². The van der Waals surface area contributed by atoms with Crippen LogP contribution in [-0.4, -0.2) is 29.3 Å². The third-order valence-electron chi connectivity index (χ3n) is 5.91. The van der Waals surface area contributed by atoms with E-state index in [0.29, 0.717) is 23.0 Å². The summed E-state index contributed by atoms with van der Waals surface area (Å²) >= 11 is 12.6. The Hall–Kier alpha value is -2.82. The first-order valence-corrected chi connectivity index (χ1v) is 12.6. The minimum atomic E-state index is -0.695. The summed E-state index contributed by atoms with van der Waals surface area (Å²) in [7, 11) is 0. The number of carbonyl (C=O) groups excluding carboxylic acids is 2. The van der Waals surface area contributed by atoms with E-state index >= 15 is 0 Å². The van der Waals surface area contributed by atoms with E-state index in [4.69, 9.17) is 23.2 Å². The van der Waals surface area contributed by atoms with Gasteiger partial charge in [-0.1, -0.05) is 97.7 Å². The SMILES string of the molecule is Cc1ccccc1CC(=O)N(Cc1ccc(Cl)cc1Cl)C(Cc1ccccc1)C(=O)NCC(C)C. The number of hydrogen-bond donors (Lipinski definition) is 1. The van der Waals surface area contributed by atoms with Gasteiger partial charge in [0.05, 0.1) is 6.42 Å². The van der Waals surface area contributed by atoms with Crippen molar-refractivity contribution >= 4 is 35.0 Å². The van der Waals surface area contributed by atoms with Crippen molar-refractivity contribution in [2.45, 2.75) is 46.2 Å². The highest BCUT2D eigenvalue weighted by molar-refractivity contribution is 6.35. The molecule has 0 bridgehead atoms. The molecule has 0 fully saturated rings. The maximum Gasteiger partial charge on any atom is 0.243 e. The first-order valence-electron chi connectivity index (χ1n) is 11.8. The molecular formula is C29H32Cl2N2O2. The molecule has 0 saturated heterocycles. The molecule has 3 aromatic carbocycles. The van der Waals surface area contributed by atoms with Crippen LogP contribution >= 0.6 is 23.2 Å². The molecule has 0 aliphatic heterocycles. The highest BCUT2D eigenvalue weighted by Crippen LogP contribution is 2.25. The first-order chi connectivity index (χ1) is 16.7. The number of nitrogens with zero attached hydrogens (tertiary/aromatic N) is 1. The average Bonchev–Trinajstić information content (AvgIpc) is 2.83. The smallest absolute Gasteiger partial charge is 0.243 e. The molecule has 184 valence electrons. The Balaban J connectivity index is 2.00. The first kappa shape index (κ1) is 26.8. The molecule has 4 nitrogen and oxygen atoms in total. The van der Waals surface area contributed by atoms with Gasteiger partial charge in [-0.15, -0.1) is 0 Å². The number of nitrogens with one attached hydrogen (secondary N) is 1. The van der Waals surface area contributed by atoms with Crippen LogP contribution in [0.2, 0.25) is 10.0 Å². The second-order valence-electron chi connectivity index (χ2n) is 9.21.